The number of benzene rings is 4. The number of carbonyl (C=O) groups is 2. The molecule has 0 radical (unpaired) electrons. The number of rotatable bonds is 36. The van der Waals surface area contributed by atoms with Gasteiger partial charge in [0.25, 0.3) is 12.4 Å². The number of hydrogen-bond acceptors (Lipinski definition) is 18. The average Bonchev–Trinajstić information content (AvgIpc) is 3.87. The first kappa shape index (κ1) is 83.6. The molecule has 0 aromatic heterocycles. The van der Waals surface area contributed by atoms with Crippen molar-refractivity contribution in [2.24, 2.45) is 0 Å². The second kappa shape index (κ2) is 47.5. The van der Waals surface area contributed by atoms with Crippen molar-refractivity contribution in [1.82, 2.24) is 0 Å². The molecule has 462 valence electrons. The maximum atomic E-state index is 13.9. The normalized spacial score (nSPS) is 13.2. The smallest absolute Gasteiger partial charge is 1.00 e. The molecule has 1 amide bonds. The number of para-hydroxylation sites is 1. The van der Waals surface area contributed by atoms with E-state index in [1.165, 1.54) is 27.9 Å². The van der Waals surface area contributed by atoms with Gasteiger partial charge >= 0.3 is 103 Å². The van der Waals surface area contributed by atoms with Crippen LogP contribution < -0.4 is 132 Å². The summed E-state index contributed by atoms with van der Waals surface area (Å²) in [6.07, 6.45) is 6.89. The Morgan fingerprint density at radius 2 is 1.11 bits per heavy atom. The van der Waals surface area contributed by atoms with E-state index < -0.39 is 0 Å². The zero-order chi connectivity index (χ0) is 59.0. The number of fused-ring (bicyclic) bond motifs is 4. The fourth-order valence-corrected chi connectivity index (χ4v) is 15.0. The first-order valence-corrected chi connectivity index (χ1v) is 36.5. The Kier molecular flexibility index (Phi) is 47.3. The van der Waals surface area contributed by atoms with Crippen LogP contribution in [0.5, 0.6) is 11.5 Å². The van der Waals surface area contributed by atoms with Gasteiger partial charge in [0.1, 0.15) is 6.61 Å². The molecule has 0 saturated heterocycles. The van der Waals surface area contributed by atoms with Gasteiger partial charge in [-0.25, -0.2) is 0 Å². The van der Waals surface area contributed by atoms with E-state index >= 15 is 0 Å². The van der Waals surface area contributed by atoms with Crippen LogP contribution in [0.15, 0.2) is 72.8 Å². The van der Waals surface area contributed by atoms with Crippen LogP contribution in [0.3, 0.4) is 0 Å². The summed E-state index contributed by atoms with van der Waals surface area (Å²) in [5.41, 5.74) is 11.5. The van der Waals surface area contributed by atoms with Gasteiger partial charge in [-0.3, -0.25) is 9.59 Å². The second-order valence-corrected chi connectivity index (χ2v) is 28.6. The molecule has 2 heterocycles. The summed E-state index contributed by atoms with van der Waals surface area (Å²) in [5.74, 6) is 1.27. The summed E-state index contributed by atoms with van der Waals surface area (Å²) in [5, 5.41) is 8.43. The van der Waals surface area contributed by atoms with Crippen LogP contribution in [0.4, 0.5) is 17.1 Å². The third kappa shape index (κ3) is 30.1. The van der Waals surface area contributed by atoms with Crippen molar-refractivity contribution in [2.45, 2.75) is 89.8 Å². The van der Waals surface area contributed by atoms with Crippen LogP contribution in [0.2, 0.25) is 0 Å². The van der Waals surface area contributed by atoms with Crippen molar-refractivity contribution < 1.29 is 162 Å². The number of methoxy groups -OCH3 is 3. The molecule has 0 unspecified atom stereocenters. The molecule has 84 heavy (non-hydrogen) atoms. The Morgan fingerprint density at radius 1 is 0.655 bits per heavy atom. The summed E-state index contributed by atoms with van der Waals surface area (Å²) < 4.78 is 48.3. The van der Waals surface area contributed by atoms with Gasteiger partial charge in [0, 0.05) is 91.8 Å². The molecule has 0 saturated carbocycles. The summed E-state index contributed by atoms with van der Waals surface area (Å²) >= 11 is 7.32. The van der Waals surface area contributed by atoms with Crippen molar-refractivity contribution in [2.75, 3.05) is 141 Å². The van der Waals surface area contributed by atoms with Gasteiger partial charge in [-0.15, -0.1) is 0 Å². The Labute approximate surface area is 646 Å². The van der Waals surface area contributed by atoms with E-state index in [4.69, 9.17) is 47.9 Å². The van der Waals surface area contributed by atoms with E-state index in [2.05, 4.69) is 177 Å². The quantitative estimate of drug-likeness (QED) is 0.00670. The molecule has 15 nitrogen and oxygen atoms in total. The van der Waals surface area contributed by atoms with E-state index in [9.17, 15) is 4.79 Å². The molecule has 6 rings (SSSR count). The van der Waals surface area contributed by atoms with Gasteiger partial charge in [0.05, 0.1) is 73.2 Å². The van der Waals surface area contributed by atoms with E-state index in [0.29, 0.717) is 89.7 Å². The van der Waals surface area contributed by atoms with Crippen LogP contribution in [0.25, 0.3) is 0 Å². The zero-order valence-corrected chi connectivity index (χ0v) is 66.4. The molecule has 0 bridgehead atoms. The number of amides is 1. The Hall–Kier alpha value is 1.60. The molecule has 2 aliphatic rings. The molecule has 0 aliphatic carbocycles. The SMILES string of the molecule is C.COCCOCCOCCN(CC(C)(C)SSC)c1cc(CI)cc(CI)c1.COCCOCCOCCN(CC(C)(C)SSC)c1cc(CI)cc(COc2cc3c(cc2OC)C(=O)N2c4ccccc4C[C@H]2CC3)c1.O=CO[O-].[H-].[K+].[K+]. The maximum absolute atomic E-state index is 13.9. The minimum atomic E-state index is -0.181. The van der Waals surface area contributed by atoms with Gasteiger partial charge in [-0.2, -0.15) is 0 Å². The zero-order valence-electron chi connectivity index (χ0n) is 51.4. The molecule has 0 spiro atoms. The molecular weight excluding hydrogens is 1540 g/mol. The van der Waals surface area contributed by atoms with Crippen molar-refractivity contribution in [3.05, 3.63) is 112 Å². The van der Waals surface area contributed by atoms with Crippen molar-refractivity contribution in [3.8, 4) is 11.5 Å². The molecule has 2 aliphatic heterocycles. The minimum Gasteiger partial charge on any atom is -1.00 e. The van der Waals surface area contributed by atoms with Gasteiger partial charge in [-0.05, 0) is 135 Å². The summed E-state index contributed by atoms with van der Waals surface area (Å²) in [4.78, 5) is 32.1. The second-order valence-electron chi connectivity index (χ2n) is 20.1. The number of hydrogen-bond donors (Lipinski definition) is 0. The summed E-state index contributed by atoms with van der Waals surface area (Å²) in [6, 6.07) is 26.0. The van der Waals surface area contributed by atoms with Crippen molar-refractivity contribution in [1.29, 1.82) is 0 Å². The number of aryl methyl sites for hydroxylation is 1. The molecule has 0 N–H and O–H groups in total. The van der Waals surface area contributed by atoms with Gasteiger partial charge in [0.2, 0.25) is 0 Å². The minimum absolute atomic E-state index is 0. The van der Waals surface area contributed by atoms with E-state index in [0.717, 1.165) is 81.2 Å². The first-order chi connectivity index (χ1) is 39.1. The molecule has 1 atom stereocenters. The van der Waals surface area contributed by atoms with Gasteiger partial charge in [0.15, 0.2) is 11.5 Å². The maximum Gasteiger partial charge on any atom is 1.00 e. The van der Waals surface area contributed by atoms with E-state index in [-0.39, 0.29) is 140 Å². The van der Waals surface area contributed by atoms with Crippen LogP contribution in [0, 0.1) is 0 Å². The largest absolute Gasteiger partial charge is 1.00 e. The number of carbonyl (C=O) groups excluding carboxylic acids is 2. The van der Waals surface area contributed by atoms with Crippen LogP contribution >= 0.6 is 111 Å². The Morgan fingerprint density at radius 3 is 1.56 bits per heavy atom. The molecular formula is C60H88I3K2N3O12S4. The predicted molar refractivity (Wildman–Crippen MR) is 369 cm³/mol. The number of halogens is 3. The average molecular weight is 1630 g/mol. The number of alkyl halides is 3. The Balaban J connectivity index is 0.00000168. The number of nitrogens with zero attached hydrogens (tertiary/aromatic N) is 3. The topological polar surface area (TPSA) is 150 Å². The summed E-state index contributed by atoms with van der Waals surface area (Å²) in [6.45, 7) is 18.9. The third-order valence-corrected chi connectivity index (χ3v) is 20.6. The van der Waals surface area contributed by atoms with Crippen LogP contribution in [-0.4, -0.2) is 154 Å². The molecule has 4 aromatic rings. The van der Waals surface area contributed by atoms with E-state index in [1.807, 2.05) is 55.5 Å². The summed E-state index contributed by atoms with van der Waals surface area (Å²) in [7, 11) is 12.4. The molecule has 4 aromatic carbocycles. The van der Waals surface area contributed by atoms with E-state index in [1.54, 1.807) is 32.1 Å². The van der Waals surface area contributed by atoms with Crippen LogP contribution in [-0.2, 0) is 70.8 Å². The third-order valence-electron chi connectivity index (χ3n) is 12.7. The number of anilines is 3. The van der Waals surface area contributed by atoms with Gasteiger partial charge in [-0.1, -0.05) is 149 Å². The molecule has 24 heteroatoms. The standard InChI is InChI=1S/C38H49IN2O6S2.C20H33I2NO3S2.CH2O3.CH4.2K.H/c1-38(2,49-48-5)26-40(12-13-45-16-17-46-15-14-43-3)32-19-27(24-39)18-28(20-32)25-47-36-22-29-10-11-31-21-30-8-6-7-9-34(30)41(31)37(42)33(29)23-35(36)44-4;1-20(2,28-27-4)16-23(5-6-25-9-10-26-8-7-24-3)19-12-17(14-21)11-18(13-19)15-22;2-1-4-3;;;;/h6-9,18-20,22-23,31H,10-17,21,24-26H2,1-5H3;11-13H,5-10,14-16H2,1-4H3;1,3H;1H4;;;/q;;;;2*+1;-1/p-1/t31-;;;;;;/m1....../s1. The Bertz CT molecular complexity index is 2470. The first-order valence-electron chi connectivity index (χ1n) is 26.8. The van der Waals surface area contributed by atoms with Crippen molar-refractivity contribution in [3.63, 3.8) is 0 Å². The monoisotopic (exact) mass is 1630 g/mol. The fourth-order valence-electron chi connectivity index (χ4n) is 9.33. The van der Waals surface area contributed by atoms with Crippen LogP contribution in [0.1, 0.15) is 86.7 Å². The van der Waals surface area contributed by atoms with Crippen molar-refractivity contribution >= 4 is 140 Å². The predicted octanol–water partition coefficient (Wildman–Crippen LogP) is 7.03. The fraction of sp³-hybridized carbons (Fsp3) is 0.567. The molecule has 0 fully saturated rings. The van der Waals surface area contributed by atoms with Gasteiger partial charge < -0.3 is 64.2 Å². The number of ether oxygens (including phenoxy) is 8.